The first-order valence-corrected chi connectivity index (χ1v) is 13.5. The third-order valence-corrected chi connectivity index (χ3v) is 5.81. The van der Waals surface area contributed by atoms with Crippen LogP contribution in [0, 0.1) is 28.5 Å². The molecule has 2 fully saturated rings. The lowest BCUT2D eigenvalue weighted by Gasteiger charge is -2.22. The molecule has 0 radical (unpaired) electrons. The Balaban J connectivity index is 0.000000405. The molecule has 4 rings (SSSR count). The van der Waals surface area contributed by atoms with E-state index in [0.717, 1.165) is 5.69 Å². The van der Waals surface area contributed by atoms with Crippen molar-refractivity contribution in [1.29, 1.82) is 5.26 Å². The van der Waals surface area contributed by atoms with Crippen LogP contribution in [0.1, 0.15) is 65.9 Å². The lowest BCUT2D eigenvalue weighted by atomic mass is 10.0. The predicted octanol–water partition coefficient (Wildman–Crippen LogP) is 4.49. The van der Waals surface area contributed by atoms with Gasteiger partial charge in [-0.15, -0.1) is 0 Å². The molecule has 2 aromatic carbocycles. The average Bonchev–Trinajstić information content (AvgIpc) is 3.56. The van der Waals surface area contributed by atoms with Crippen molar-refractivity contribution in [3.63, 3.8) is 0 Å². The molecule has 2 aromatic rings. The molecule has 0 bridgehead atoms. The van der Waals surface area contributed by atoms with Crippen molar-refractivity contribution in [2.45, 2.75) is 71.9 Å². The smallest absolute Gasteiger partial charge is 0.233 e. The number of amides is 4. The van der Waals surface area contributed by atoms with Crippen LogP contribution in [0.3, 0.4) is 0 Å². The Morgan fingerprint density at radius 3 is 2.12 bits per heavy atom. The molecule has 2 unspecified atom stereocenters. The van der Waals surface area contributed by atoms with Gasteiger partial charge >= 0.3 is 0 Å². The first-order chi connectivity index (χ1) is 19.3. The van der Waals surface area contributed by atoms with Gasteiger partial charge in [0.1, 0.15) is 18.3 Å². The average molecular weight is 568 g/mol. The van der Waals surface area contributed by atoms with Gasteiger partial charge in [-0.2, -0.15) is 5.26 Å². The number of nitrogens with one attached hydrogen (secondary N) is 2. The third-order valence-electron chi connectivity index (χ3n) is 5.81. The van der Waals surface area contributed by atoms with Crippen molar-refractivity contribution in [1.82, 2.24) is 10.2 Å². The van der Waals surface area contributed by atoms with E-state index < -0.39 is 17.5 Å². The van der Waals surface area contributed by atoms with E-state index in [0.29, 0.717) is 43.2 Å². The number of benzene rings is 2. The Labute approximate surface area is 242 Å². The van der Waals surface area contributed by atoms with Crippen LogP contribution < -0.4 is 16.4 Å². The first kappa shape index (κ1) is 34.8. The molecule has 0 aromatic heterocycles. The molecule has 222 valence electrons. The number of para-hydroxylation sites is 1. The summed E-state index contributed by atoms with van der Waals surface area (Å²) < 4.78 is 14.0. The molecule has 1 aliphatic carbocycles. The van der Waals surface area contributed by atoms with Crippen LogP contribution >= 0.6 is 0 Å². The highest BCUT2D eigenvalue weighted by Crippen LogP contribution is 2.46. The minimum absolute atomic E-state index is 0.250. The number of hydrogen-bond acceptors (Lipinski definition) is 5. The number of anilines is 1. The summed E-state index contributed by atoms with van der Waals surface area (Å²) in [5, 5.41) is 14.5. The molecule has 1 saturated heterocycles. The predicted molar refractivity (Wildman–Crippen MR) is 156 cm³/mol. The summed E-state index contributed by atoms with van der Waals surface area (Å²) in [7, 11) is 0. The SMILES string of the molecule is CC(C)(C)C.CC1CC(C#N)N(C(=O)CC(=O)NC2(c3ccccc3F)CC2)C1.NC=O.O=CNc1ccccc1. The quantitative estimate of drug-likeness (QED) is 0.348. The van der Waals surface area contributed by atoms with Gasteiger partial charge in [0.25, 0.3) is 0 Å². The molecule has 1 aliphatic heterocycles. The summed E-state index contributed by atoms with van der Waals surface area (Å²) in [5.41, 5.74) is 5.28. The molecular weight excluding hydrogens is 525 g/mol. The fraction of sp³-hybridized carbons (Fsp3) is 0.452. The second-order valence-corrected chi connectivity index (χ2v) is 11.6. The number of nitrogens with zero attached hydrogens (tertiary/aromatic N) is 2. The first-order valence-electron chi connectivity index (χ1n) is 13.5. The van der Waals surface area contributed by atoms with Gasteiger partial charge in [0.15, 0.2) is 0 Å². The second kappa shape index (κ2) is 16.8. The van der Waals surface area contributed by atoms with Gasteiger partial charge in [0.2, 0.25) is 24.6 Å². The van der Waals surface area contributed by atoms with Crippen LogP contribution in [0.2, 0.25) is 0 Å². The molecule has 41 heavy (non-hydrogen) atoms. The topological polar surface area (TPSA) is 145 Å². The molecule has 0 spiro atoms. The maximum absolute atomic E-state index is 14.0. The van der Waals surface area contributed by atoms with Gasteiger partial charge < -0.3 is 21.3 Å². The number of rotatable bonds is 6. The summed E-state index contributed by atoms with van der Waals surface area (Å²) >= 11 is 0. The van der Waals surface area contributed by atoms with Crippen LogP contribution in [0.5, 0.6) is 0 Å². The van der Waals surface area contributed by atoms with Gasteiger partial charge in [-0.1, -0.05) is 71.0 Å². The molecule has 1 saturated carbocycles. The second-order valence-electron chi connectivity index (χ2n) is 11.6. The van der Waals surface area contributed by atoms with Gasteiger partial charge in [-0.3, -0.25) is 19.2 Å². The van der Waals surface area contributed by atoms with E-state index in [9.17, 15) is 18.8 Å². The highest BCUT2D eigenvalue weighted by atomic mass is 19.1. The van der Waals surface area contributed by atoms with E-state index >= 15 is 0 Å². The molecular formula is C31H42FN5O4. The molecule has 10 heteroatoms. The zero-order valence-electron chi connectivity index (χ0n) is 24.5. The standard InChI is InChI=1S/C18H20FN3O2.C7H7NO.C5H12.CH3NO/c1-12-8-13(10-20)22(11-12)17(24)9-16(23)21-18(6-7-18)14-4-2-3-5-15(14)19;9-6-8-7-4-2-1-3-5-7;1-5(2,3)4;2-1-3/h2-5,12-13H,6-9,11H2,1H3,(H,21,23);1-6H,(H,8,9);1-4H3;1H,(H2,2,3). The van der Waals surface area contributed by atoms with Crippen LogP contribution in [-0.4, -0.2) is 42.1 Å². The van der Waals surface area contributed by atoms with Crippen LogP contribution in [-0.2, 0) is 24.7 Å². The van der Waals surface area contributed by atoms with Gasteiger partial charge in [0, 0.05) is 17.8 Å². The highest BCUT2D eigenvalue weighted by Gasteiger charge is 2.47. The lowest BCUT2D eigenvalue weighted by molar-refractivity contribution is -0.136. The summed E-state index contributed by atoms with van der Waals surface area (Å²) in [4.78, 5) is 44.5. The van der Waals surface area contributed by atoms with Crippen molar-refractivity contribution < 1.29 is 23.6 Å². The Bertz CT molecular complexity index is 1170. The van der Waals surface area contributed by atoms with E-state index in [1.165, 1.54) is 11.0 Å². The van der Waals surface area contributed by atoms with Gasteiger partial charge in [-0.25, -0.2) is 4.39 Å². The van der Waals surface area contributed by atoms with E-state index in [-0.39, 0.29) is 30.5 Å². The molecule has 1 heterocycles. The van der Waals surface area contributed by atoms with E-state index in [2.05, 4.69) is 50.1 Å². The zero-order valence-corrected chi connectivity index (χ0v) is 24.5. The lowest BCUT2D eigenvalue weighted by Crippen LogP contribution is -2.41. The minimum Gasteiger partial charge on any atom is -0.372 e. The van der Waals surface area contributed by atoms with Crippen molar-refractivity contribution in [2.24, 2.45) is 17.1 Å². The number of nitriles is 1. The number of halogens is 1. The zero-order chi connectivity index (χ0) is 31.1. The van der Waals surface area contributed by atoms with Gasteiger partial charge in [-0.05, 0) is 48.8 Å². The number of primary amides is 1. The molecule has 4 amide bonds. The number of likely N-dealkylation sites (tertiary alicyclic amines) is 1. The number of nitrogens with two attached hydrogens (primary N) is 1. The Hall–Kier alpha value is -4.26. The summed E-state index contributed by atoms with van der Waals surface area (Å²) in [6, 6.07) is 17.3. The fourth-order valence-electron chi connectivity index (χ4n) is 4.03. The molecule has 9 nitrogen and oxygen atoms in total. The Morgan fingerprint density at radius 1 is 1.10 bits per heavy atom. The third kappa shape index (κ3) is 13.1. The maximum atomic E-state index is 14.0. The Kier molecular flexibility index (Phi) is 14.2. The number of hydrogen-bond donors (Lipinski definition) is 3. The normalized spacial score (nSPS) is 17.8. The van der Waals surface area contributed by atoms with Crippen molar-refractivity contribution >= 4 is 30.3 Å². The summed E-state index contributed by atoms with van der Waals surface area (Å²) in [6.45, 7) is 11.2. The van der Waals surface area contributed by atoms with E-state index in [1.54, 1.807) is 18.2 Å². The van der Waals surface area contributed by atoms with Crippen LogP contribution in [0.4, 0.5) is 10.1 Å². The van der Waals surface area contributed by atoms with Crippen molar-refractivity contribution in [3.05, 3.63) is 66.0 Å². The van der Waals surface area contributed by atoms with Crippen LogP contribution in [0.25, 0.3) is 0 Å². The fourth-order valence-corrected chi connectivity index (χ4v) is 4.03. The minimum atomic E-state index is -0.685. The van der Waals surface area contributed by atoms with Crippen molar-refractivity contribution in [3.8, 4) is 6.07 Å². The highest BCUT2D eigenvalue weighted by molar-refractivity contribution is 5.97. The number of carbonyl (C=O) groups is 4. The Morgan fingerprint density at radius 2 is 1.63 bits per heavy atom. The largest absolute Gasteiger partial charge is 0.372 e. The monoisotopic (exact) mass is 567 g/mol. The molecule has 4 N–H and O–H groups in total. The number of carbonyl (C=O) groups excluding carboxylic acids is 4. The summed E-state index contributed by atoms with van der Waals surface area (Å²) in [6.07, 6.45) is 2.57. The van der Waals surface area contributed by atoms with Crippen molar-refractivity contribution in [2.75, 3.05) is 11.9 Å². The van der Waals surface area contributed by atoms with E-state index in [1.807, 2.05) is 37.3 Å². The molecule has 2 aliphatic rings. The summed E-state index contributed by atoms with van der Waals surface area (Å²) in [5.74, 6) is -0.848. The maximum Gasteiger partial charge on any atom is 0.233 e. The van der Waals surface area contributed by atoms with Gasteiger partial charge in [0.05, 0.1) is 11.6 Å². The van der Waals surface area contributed by atoms with Crippen LogP contribution in [0.15, 0.2) is 54.6 Å². The molecule has 2 atom stereocenters. The van der Waals surface area contributed by atoms with E-state index in [4.69, 9.17) is 10.1 Å².